The predicted molar refractivity (Wildman–Crippen MR) is 73.0 cm³/mol. The molecule has 0 radical (unpaired) electrons. The standard InChI is InChI=1S/C14H10F2S2/c15-14(16)13(18-14,11-7-3-1-4-8-11)17-12-9-5-2-6-10-12/h1-10H. The normalized spacial score (nSPS) is 24.8. The van der Waals surface area contributed by atoms with Crippen LogP contribution in [-0.2, 0) is 4.08 Å². The van der Waals surface area contributed by atoms with Crippen LogP contribution in [0, 0.1) is 0 Å². The van der Waals surface area contributed by atoms with Gasteiger partial charge in [-0.05, 0) is 17.7 Å². The number of thioether (sulfide) groups is 2. The topological polar surface area (TPSA) is 0 Å². The maximum Gasteiger partial charge on any atom is 0.323 e. The second kappa shape index (κ2) is 4.28. The Kier molecular flexibility index (Phi) is 2.87. The molecule has 0 amide bonds. The van der Waals surface area contributed by atoms with E-state index in [0.29, 0.717) is 5.56 Å². The lowest BCUT2D eigenvalue weighted by Gasteiger charge is -2.14. The average molecular weight is 280 g/mol. The molecule has 1 unspecified atom stereocenters. The molecule has 1 heterocycles. The molecule has 0 N–H and O–H groups in total. The van der Waals surface area contributed by atoms with Crippen LogP contribution in [-0.4, -0.2) is 5.25 Å². The Hall–Kier alpha value is -1.00. The van der Waals surface area contributed by atoms with Gasteiger partial charge in [-0.3, -0.25) is 0 Å². The summed E-state index contributed by atoms with van der Waals surface area (Å²) in [4.78, 5) is 0.867. The van der Waals surface area contributed by atoms with Crippen molar-refractivity contribution < 1.29 is 8.78 Å². The van der Waals surface area contributed by atoms with Crippen LogP contribution in [0.4, 0.5) is 8.78 Å². The Labute approximate surface area is 113 Å². The summed E-state index contributed by atoms with van der Waals surface area (Å²) in [5, 5.41) is -2.70. The second-order valence-corrected chi connectivity index (χ2v) is 6.89. The summed E-state index contributed by atoms with van der Waals surface area (Å²) in [6.07, 6.45) is 0. The van der Waals surface area contributed by atoms with Gasteiger partial charge in [-0.2, -0.15) is 8.78 Å². The van der Waals surface area contributed by atoms with Crippen molar-refractivity contribution in [3.05, 3.63) is 66.2 Å². The molecular weight excluding hydrogens is 270 g/mol. The average Bonchev–Trinajstić information content (AvgIpc) is 2.94. The van der Waals surface area contributed by atoms with Gasteiger partial charge in [0.15, 0.2) is 4.08 Å². The minimum Gasteiger partial charge on any atom is -0.191 e. The van der Waals surface area contributed by atoms with E-state index < -0.39 is 9.33 Å². The van der Waals surface area contributed by atoms with Crippen molar-refractivity contribution in [2.45, 2.75) is 14.2 Å². The van der Waals surface area contributed by atoms with Crippen molar-refractivity contribution >= 4 is 23.5 Å². The molecule has 1 aliphatic heterocycles. The fourth-order valence-electron chi connectivity index (χ4n) is 1.83. The van der Waals surface area contributed by atoms with Gasteiger partial charge >= 0.3 is 5.25 Å². The third kappa shape index (κ3) is 1.93. The predicted octanol–water partition coefficient (Wildman–Crippen LogP) is 4.97. The quantitative estimate of drug-likeness (QED) is 0.728. The van der Waals surface area contributed by atoms with Crippen LogP contribution >= 0.6 is 23.5 Å². The minimum absolute atomic E-state index is 0.675. The fraction of sp³-hybridized carbons (Fsp3) is 0.143. The molecule has 18 heavy (non-hydrogen) atoms. The zero-order valence-electron chi connectivity index (χ0n) is 9.35. The molecule has 4 heteroatoms. The smallest absolute Gasteiger partial charge is 0.191 e. The molecule has 0 saturated carbocycles. The maximum absolute atomic E-state index is 13.8. The molecule has 92 valence electrons. The van der Waals surface area contributed by atoms with Crippen LogP contribution in [0.2, 0.25) is 0 Å². The Morgan fingerprint density at radius 1 is 0.833 bits per heavy atom. The number of rotatable bonds is 3. The highest BCUT2D eigenvalue weighted by molar-refractivity contribution is 8.24. The lowest BCUT2D eigenvalue weighted by Crippen LogP contribution is -2.11. The summed E-state index contributed by atoms with van der Waals surface area (Å²) < 4.78 is 26.4. The van der Waals surface area contributed by atoms with Crippen LogP contribution in [0.25, 0.3) is 0 Å². The first-order valence-corrected chi connectivity index (χ1v) is 7.15. The molecular formula is C14H10F2S2. The number of alkyl halides is 2. The van der Waals surface area contributed by atoms with Crippen LogP contribution in [0.3, 0.4) is 0 Å². The lowest BCUT2D eigenvalue weighted by atomic mass is 10.1. The first-order chi connectivity index (χ1) is 8.64. The highest BCUT2D eigenvalue weighted by atomic mass is 32.2. The highest BCUT2D eigenvalue weighted by Gasteiger charge is 2.74. The van der Waals surface area contributed by atoms with E-state index in [1.165, 1.54) is 11.8 Å². The van der Waals surface area contributed by atoms with Gasteiger partial charge < -0.3 is 0 Å². The first kappa shape index (κ1) is 12.1. The van der Waals surface area contributed by atoms with Crippen molar-refractivity contribution in [1.29, 1.82) is 0 Å². The van der Waals surface area contributed by atoms with Crippen molar-refractivity contribution in [1.82, 2.24) is 0 Å². The molecule has 3 rings (SSSR count). The third-order valence-electron chi connectivity index (χ3n) is 2.77. The van der Waals surface area contributed by atoms with Gasteiger partial charge in [-0.15, -0.1) is 0 Å². The molecule has 0 nitrogen and oxygen atoms in total. The van der Waals surface area contributed by atoms with Crippen LogP contribution in [0.5, 0.6) is 0 Å². The third-order valence-corrected chi connectivity index (χ3v) is 5.83. The summed E-state index contributed by atoms with van der Waals surface area (Å²) in [7, 11) is 0. The van der Waals surface area contributed by atoms with Crippen molar-refractivity contribution in [3.63, 3.8) is 0 Å². The number of hydrogen-bond acceptors (Lipinski definition) is 2. The first-order valence-electron chi connectivity index (χ1n) is 5.52. The SMILES string of the molecule is FC1(F)SC1(Sc1ccccc1)c1ccccc1. The summed E-state index contributed by atoms with van der Waals surface area (Å²) in [6, 6.07) is 18.3. The molecule has 1 atom stereocenters. The fourth-order valence-corrected chi connectivity index (χ4v) is 4.41. The molecule has 0 bridgehead atoms. The van der Waals surface area contributed by atoms with E-state index in [2.05, 4.69) is 0 Å². The highest BCUT2D eigenvalue weighted by Crippen LogP contribution is 2.78. The zero-order valence-corrected chi connectivity index (χ0v) is 11.0. The van der Waals surface area contributed by atoms with E-state index >= 15 is 0 Å². The molecule has 2 aromatic rings. The summed E-state index contributed by atoms with van der Waals surface area (Å²) in [6.45, 7) is 0. The molecule has 0 aromatic heterocycles. The molecule has 0 spiro atoms. The van der Waals surface area contributed by atoms with E-state index in [0.717, 1.165) is 16.7 Å². The minimum atomic E-state index is -2.70. The maximum atomic E-state index is 13.8. The van der Waals surface area contributed by atoms with E-state index in [-0.39, 0.29) is 0 Å². The monoisotopic (exact) mass is 280 g/mol. The Balaban J connectivity index is 1.96. The summed E-state index contributed by atoms with van der Waals surface area (Å²) in [5.74, 6) is 0. The van der Waals surface area contributed by atoms with Gasteiger partial charge in [0.1, 0.15) is 0 Å². The Morgan fingerprint density at radius 3 is 1.83 bits per heavy atom. The van der Waals surface area contributed by atoms with Gasteiger partial charge in [0.25, 0.3) is 0 Å². The van der Waals surface area contributed by atoms with Gasteiger partial charge in [0.05, 0.1) is 0 Å². The van der Waals surface area contributed by atoms with Crippen LogP contribution in [0.1, 0.15) is 5.56 Å². The molecule has 2 aromatic carbocycles. The largest absolute Gasteiger partial charge is 0.323 e. The van der Waals surface area contributed by atoms with Crippen molar-refractivity contribution in [2.24, 2.45) is 0 Å². The Morgan fingerprint density at radius 2 is 1.33 bits per heavy atom. The number of halogens is 2. The van der Waals surface area contributed by atoms with Gasteiger partial charge in [0, 0.05) is 4.90 Å². The van der Waals surface area contributed by atoms with Crippen molar-refractivity contribution in [2.75, 3.05) is 0 Å². The molecule has 1 aliphatic rings. The number of hydrogen-bond donors (Lipinski definition) is 0. The van der Waals surface area contributed by atoms with E-state index in [4.69, 9.17) is 0 Å². The number of benzene rings is 2. The van der Waals surface area contributed by atoms with Gasteiger partial charge in [-0.1, -0.05) is 72.1 Å². The zero-order chi connectivity index (χ0) is 12.6. The summed E-state index contributed by atoms with van der Waals surface area (Å²) in [5.41, 5.74) is 0.675. The second-order valence-electron chi connectivity index (χ2n) is 4.02. The molecule has 1 fully saturated rings. The van der Waals surface area contributed by atoms with E-state index in [1.54, 1.807) is 24.3 Å². The van der Waals surface area contributed by atoms with E-state index in [1.807, 2.05) is 36.4 Å². The molecule has 1 saturated heterocycles. The lowest BCUT2D eigenvalue weighted by molar-refractivity contribution is 0.135. The summed E-state index contributed by atoms with van der Waals surface area (Å²) >= 11 is 1.95. The Bertz CT molecular complexity index is 542. The van der Waals surface area contributed by atoms with Crippen LogP contribution < -0.4 is 0 Å². The van der Waals surface area contributed by atoms with Gasteiger partial charge in [-0.25, -0.2) is 0 Å². The van der Waals surface area contributed by atoms with E-state index in [9.17, 15) is 8.78 Å². The van der Waals surface area contributed by atoms with Crippen molar-refractivity contribution in [3.8, 4) is 0 Å². The molecule has 0 aliphatic carbocycles. The van der Waals surface area contributed by atoms with Gasteiger partial charge in [0.2, 0.25) is 0 Å². The van der Waals surface area contributed by atoms with Crippen LogP contribution in [0.15, 0.2) is 65.6 Å².